The van der Waals surface area contributed by atoms with Crippen LogP contribution in [0.3, 0.4) is 0 Å². The van der Waals surface area contributed by atoms with E-state index in [9.17, 15) is 14.7 Å². The van der Waals surface area contributed by atoms with Crippen LogP contribution < -0.4 is 5.32 Å². The molecule has 1 fully saturated rings. The maximum Gasteiger partial charge on any atom is 0.317 e. The van der Waals surface area contributed by atoms with Crippen LogP contribution >= 0.6 is 0 Å². The van der Waals surface area contributed by atoms with E-state index in [0.29, 0.717) is 6.54 Å². The normalized spacial score (nSPS) is 25.9. The first-order chi connectivity index (χ1) is 9.88. The molecule has 2 atom stereocenters. The van der Waals surface area contributed by atoms with Gasteiger partial charge in [0.05, 0.1) is 5.92 Å². The zero-order valence-corrected chi connectivity index (χ0v) is 12.3. The summed E-state index contributed by atoms with van der Waals surface area (Å²) in [6.07, 6.45) is 0.978. The van der Waals surface area contributed by atoms with Crippen molar-refractivity contribution in [3.8, 4) is 0 Å². The molecule has 1 saturated carbocycles. The average molecular weight is 288 g/mol. The first-order valence-corrected chi connectivity index (χ1v) is 7.24. The van der Waals surface area contributed by atoms with E-state index < -0.39 is 11.9 Å². The summed E-state index contributed by atoms with van der Waals surface area (Å²) in [4.78, 5) is 25.4. The van der Waals surface area contributed by atoms with Crippen molar-refractivity contribution in [3.63, 3.8) is 0 Å². The number of rotatable bonds is 2. The second-order valence-corrected chi connectivity index (χ2v) is 6.66. The highest BCUT2D eigenvalue weighted by molar-refractivity contribution is 5.81. The van der Waals surface area contributed by atoms with Crippen molar-refractivity contribution in [2.45, 2.75) is 38.8 Å². The third-order valence-corrected chi connectivity index (χ3v) is 4.59. The Labute approximate surface area is 123 Å². The SMILES string of the molecule is CC1(C)CC1NC(=O)N1Cc2ccccc2C(C(=O)O)C1. The van der Waals surface area contributed by atoms with Gasteiger partial charge in [-0.15, -0.1) is 0 Å². The summed E-state index contributed by atoms with van der Waals surface area (Å²) in [5, 5.41) is 12.4. The smallest absolute Gasteiger partial charge is 0.317 e. The predicted octanol–water partition coefficient (Wildman–Crippen LogP) is 2.18. The van der Waals surface area contributed by atoms with Gasteiger partial charge in [-0.2, -0.15) is 0 Å². The van der Waals surface area contributed by atoms with Crippen LogP contribution in [-0.4, -0.2) is 34.6 Å². The Morgan fingerprint density at radius 3 is 2.62 bits per heavy atom. The van der Waals surface area contributed by atoms with Crippen LogP contribution in [0, 0.1) is 5.41 Å². The molecule has 0 saturated heterocycles. The van der Waals surface area contributed by atoms with E-state index in [-0.39, 0.29) is 24.0 Å². The van der Waals surface area contributed by atoms with Crippen LogP contribution in [0.2, 0.25) is 0 Å². The Balaban J connectivity index is 1.77. The summed E-state index contributed by atoms with van der Waals surface area (Å²) in [6.45, 7) is 4.93. The molecule has 2 N–H and O–H groups in total. The zero-order chi connectivity index (χ0) is 15.2. The number of urea groups is 1. The maximum atomic E-state index is 12.3. The van der Waals surface area contributed by atoms with Crippen molar-refractivity contribution in [1.29, 1.82) is 0 Å². The predicted molar refractivity (Wildman–Crippen MR) is 77.9 cm³/mol. The lowest BCUT2D eigenvalue weighted by Crippen LogP contribution is -2.46. The van der Waals surface area contributed by atoms with Gasteiger partial charge in [-0.3, -0.25) is 4.79 Å². The lowest BCUT2D eigenvalue weighted by Gasteiger charge is -2.33. The number of carboxylic acid groups (broad SMARTS) is 1. The van der Waals surface area contributed by atoms with Crippen molar-refractivity contribution >= 4 is 12.0 Å². The molecule has 2 unspecified atom stereocenters. The van der Waals surface area contributed by atoms with Crippen LogP contribution in [0.5, 0.6) is 0 Å². The van der Waals surface area contributed by atoms with Gasteiger partial charge < -0.3 is 15.3 Å². The van der Waals surface area contributed by atoms with Crippen molar-refractivity contribution in [3.05, 3.63) is 35.4 Å². The molecule has 0 bridgehead atoms. The highest BCUT2D eigenvalue weighted by atomic mass is 16.4. The van der Waals surface area contributed by atoms with Crippen molar-refractivity contribution in [2.24, 2.45) is 5.41 Å². The second kappa shape index (κ2) is 4.76. The second-order valence-electron chi connectivity index (χ2n) is 6.66. The first-order valence-electron chi connectivity index (χ1n) is 7.24. The number of nitrogens with zero attached hydrogens (tertiary/aromatic N) is 1. The number of aliphatic carboxylic acids is 1. The molecule has 21 heavy (non-hydrogen) atoms. The minimum atomic E-state index is -0.883. The van der Waals surface area contributed by atoms with E-state index in [1.807, 2.05) is 24.3 Å². The van der Waals surface area contributed by atoms with E-state index in [2.05, 4.69) is 19.2 Å². The Morgan fingerprint density at radius 2 is 2.00 bits per heavy atom. The van der Waals surface area contributed by atoms with Crippen LogP contribution in [0.1, 0.15) is 37.3 Å². The van der Waals surface area contributed by atoms with E-state index in [1.165, 1.54) is 0 Å². The lowest BCUT2D eigenvalue weighted by molar-refractivity contribution is -0.139. The van der Waals surface area contributed by atoms with E-state index in [1.54, 1.807) is 4.90 Å². The highest BCUT2D eigenvalue weighted by Crippen LogP contribution is 2.44. The molecule has 2 aliphatic rings. The lowest BCUT2D eigenvalue weighted by atomic mass is 9.90. The molecule has 0 aromatic heterocycles. The first kappa shape index (κ1) is 13.9. The zero-order valence-electron chi connectivity index (χ0n) is 12.3. The Morgan fingerprint density at radius 1 is 1.33 bits per heavy atom. The van der Waals surface area contributed by atoms with E-state index >= 15 is 0 Å². The van der Waals surface area contributed by atoms with Crippen LogP contribution in [-0.2, 0) is 11.3 Å². The molecule has 112 valence electrons. The molecular weight excluding hydrogens is 268 g/mol. The van der Waals surface area contributed by atoms with Gasteiger partial charge >= 0.3 is 12.0 Å². The fraction of sp³-hybridized carbons (Fsp3) is 0.500. The van der Waals surface area contributed by atoms with Crippen LogP contribution in [0.25, 0.3) is 0 Å². The largest absolute Gasteiger partial charge is 0.481 e. The van der Waals surface area contributed by atoms with Gasteiger partial charge in [-0.1, -0.05) is 38.1 Å². The summed E-state index contributed by atoms with van der Waals surface area (Å²) < 4.78 is 0. The van der Waals surface area contributed by atoms with Gasteiger partial charge in [0.2, 0.25) is 0 Å². The van der Waals surface area contributed by atoms with Crippen molar-refractivity contribution in [1.82, 2.24) is 10.2 Å². The number of benzene rings is 1. The molecule has 0 spiro atoms. The Hall–Kier alpha value is -2.04. The number of carbonyl (C=O) groups excluding carboxylic acids is 1. The fourth-order valence-corrected chi connectivity index (χ4v) is 2.93. The molecular formula is C16H20N2O3. The summed E-state index contributed by atoms with van der Waals surface area (Å²) in [5.74, 6) is -1.53. The summed E-state index contributed by atoms with van der Waals surface area (Å²) >= 11 is 0. The van der Waals surface area contributed by atoms with Gasteiger partial charge in [0.25, 0.3) is 0 Å². The van der Waals surface area contributed by atoms with E-state index in [4.69, 9.17) is 0 Å². The van der Waals surface area contributed by atoms with Crippen molar-refractivity contribution < 1.29 is 14.7 Å². The molecule has 5 nitrogen and oxygen atoms in total. The number of nitrogens with one attached hydrogen (secondary N) is 1. The van der Waals surface area contributed by atoms with Gasteiger partial charge in [-0.25, -0.2) is 4.79 Å². The van der Waals surface area contributed by atoms with E-state index in [0.717, 1.165) is 17.5 Å². The third kappa shape index (κ3) is 2.60. The number of amides is 2. The topological polar surface area (TPSA) is 69.6 Å². The number of hydrogen-bond acceptors (Lipinski definition) is 2. The highest BCUT2D eigenvalue weighted by Gasteiger charge is 2.47. The monoisotopic (exact) mass is 288 g/mol. The average Bonchev–Trinajstić information content (AvgIpc) is 3.04. The summed E-state index contributed by atoms with van der Waals surface area (Å²) in [7, 11) is 0. The van der Waals surface area contributed by atoms with Gasteiger partial charge in [0.1, 0.15) is 0 Å². The quantitative estimate of drug-likeness (QED) is 0.876. The molecule has 1 heterocycles. The standard InChI is InChI=1S/C16H20N2O3/c1-16(2)7-13(16)17-15(21)18-8-10-5-3-4-6-11(10)12(9-18)14(19)20/h3-6,12-13H,7-9H2,1-2H3,(H,17,21)(H,19,20). The summed E-state index contributed by atoms with van der Waals surface area (Å²) in [5.41, 5.74) is 1.90. The van der Waals surface area contributed by atoms with Crippen LogP contribution in [0.15, 0.2) is 24.3 Å². The minimum absolute atomic E-state index is 0.161. The molecule has 1 aliphatic carbocycles. The number of fused-ring (bicyclic) bond motifs is 1. The van der Waals surface area contributed by atoms with Gasteiger partial charge in [0.15, 0.2) is 0 Å². The molecule has 1 aliphatic heterocycles. The van der Waals surface area contributed by atoms with Gasteiger partial charge in [-0.05, 0) is 23.0 Å². The van der Waals surface area contributed by atoms with Gasteiger partial charge in [0, 0.05) is 19.1 Å². The third-order valence-electron chi connectivity index (χ3n) is 4.59. The molecule has 5 heteroatoms. The Bertz CT molecular complexity index is 597. The number of carboxylic acids is 1. The molecule has 2 amide bonds. The Kier molecular flexibility index (Phi) is 3.15. The molecule has 0 radical (unpaired) electrons. The maximum absolute atomic E-state index is 12.3. The number of carbonyl (C=O) groups is 2. The van der Waals surface area contributed by atoms with Crippen LogP contribution in [0.4, 0.5) is 4.79 Å². The van der Waals surface area contributed by atoms with Crippen molar-refractivity contribution in [2.75, 3.05) is 6.54 Å². The minimum Gasteiger partial charge on any atom is -0.481 e. The molecule has 1 aromatic rings. The number of hydrogen-bond donors (Lipinski definition) is 2. The molecule has 1 aromatic carbocycles. The summed E-state index contributed by atoms with van der Waals surface area (Å²) in [6, 6.07) is 7.50. The fourth-order valence-electron chi connectivity index (χ4n) is 2.93. The molecule has 3 rings (SSSR count).